The number of allylic oxidation sites excluding steroid dienone is 1. The topological polar surface area (TPSA) is 85.9 Å². The van der Waals surface area contributed by atoms with E-state index in [9.17, 15) is 9.18 Å². The fraction of sp³-hybridized carbons (Fsp3) is 0.207. The molecule has 9 heteroatoms. The largest absolute Gasteiger partial charge is 0.488 e. The van der Waals surface area contributed by atoms with Crippen LogP contribution in [0.3, 0.4) is 0 Å². The number of aromatic nitrogens is 4. The van der Waals surface area contributed by atoms with E-state index in [1.807, 2.05) is 25.1 Å². The molecule has 1 N–H and O–H groups in total. The molecule has 2 aliphatic rings. The molecule has 1 aliphatic heterocycles. The Morgan fingerprint density at radius 3 is 2.79 bits per heavy atom. The zero-order valence-corrected chi connectivity index (χ0v) is 21.2. The second kappa shape index (κ2) is 8.70. The Bertz CT molecular complexity index is 1830. The minimum Gasteiger partial charge on any atom is -0.488 e. The van der Waals surface area contributed by atoms with Gasteiger partial charge in [-0.3, -0.25) is 9.51 Å². The van der Waals surface area contributed by atoms with Gasteiger partial charge in [-0.25, -0.2) is 14.2 Å². The maximum absolute atomic E-state index is 14.2. The maximum atomic E-state index is 14.2. The number of hydrogen-bond acceptors (Lipinski definition) is 5. The summed E-state index contributed by atoms with van der Waals surface area (Å²) in [6.07, 6.45) is 2.26. The van der Waals surface area contributed by atoms with Crippen LogP contribution in [0.2, 0.25) is 5.02 Å². The Kier molecular flexibility index (Phi) is 5.26. The van der Waals surface area contributed by atoms with Crippen molar-refractivity contribution >= 4 is 33.8 Å². The van der Waals surface area contributed by atoms with Gasteiger partial charge >= 0.3 is 5.76 Å². The van der Waals surface area contributed by atoms with E-state index in [0.717, 1.165) is 52.0 Å². The van der Waals surface area contributed by atoms with Gasteiger partial charge in [-0.1, -0.05) is 35.0 Å². The third-order valence-corrected chi connectivity index (χ3v) is 7.55. The average Bonchev–Trinajstić information content (AvgIpc) is 3.59. The Hall–Kier alpha value is -4.17. The van der Waals surface area contributed by atoms with Crippen molar-refractivity contribution in [1.82, 2.24) is 19.7 Å². The lowest BCUT2D eigenvalue weighted by molar-refractivity contribution is 0.305. The van der Waals surface area contributed by atoms with Gasteiger partial charge in [-0.05, 0) is 72.4 Å². The molecule has 3 aromatic carbocycles. The zero-order valence-electron chi connectivity index (χ0n) is 20.4. The fourth-order valence-electron chi connectivity index (χ4n) is 5.28. The minimum atomic E-state index is -0.640. The molecule has 2 aromatic heterocycles. The van der Waals surface area contributed by atoms with Gasteiger partial charge in [0.15, 0.2) is 5.82 Å². The summed E-state index contributed by atoms with van der Waals surface area (Å²) in [5, 5.41) is 4.54. The molecular formula is C29H22ClFN4O3. The van der Waals surface area contributed by atoms with Gasteiger partial charge in [0, 0.05) is 29.7 Å². The summed E-state index contributed by atoms with van der Waals surface area (Å²) in [7, 11) is 0. The van der Waals surface area contributed by atoms with E-state index in [1.165, 1.54) is 12.1 Å². The van der Waals surface area contributed by atoms with E-state index >= 15 is 0 Å². The number of aromatic amines is 1. The van der Waals surface area contributed by atoms with Crippen LogP contribution >= 0.6 is 11.6 Å². The summed E-state index contributed by atoms with van der Waals surface area (Å²) in [4.78, 5) is 19.2. The number of benzene rings is 3. The average molecular weight is 529 g/mol. The first-order valence-corrected chi connectivity index (χ1v) is 12.8. The van der Waals surface area contributed by atoms with E-state index in [-0.39, 0.29) is 12.4 Å². The number of rotatable bonds is 4. The molecule has 0 amide bonds. The molecular weight excluding hydrogens is 507 g/mol. The Morgan fingerprint density at radius 2 is 2.00 bits per heavy atom. The first kappa shape index (κ1) is 23.0. The van der Waals surface area contributed by atoms with Crippen LogP contribution in [-0.4, -0.2) is 19.7 Å². The quantitative estimate of drug-likeness (QED) is 0.296. The number of imidazole rings is 1. The maximum Gasteiger partial charge on any atom is 0.439 e. The molecule has 0 spiro atoms. The van der Waals surface area contributed by atoms with Crippen LogP contribution < -0.4 is 10.5 Å². The summed E-state index contributed by atoms with van der Waals surface area (Å²) >= 11 is 6.48. The van der Waals surface area contributed by atoms with Gasteiger partial charge in [-0.2, -0.15) is 0 Å². The van der Waals surface area contributed by atoms with E-state index in [1.54, 1.807) is 6.07 Å². The molecule has 5 aromatic rings. The second-order valence-corrected chi connectivity index (χ2v) is 10.2. The smallest absolute Gasteiger partial charge is 0.439 e. The lowest BCUT2D eigenvalue weighted by Gasteiger charge is -2.15. The van der Waals surface area contributed by atoms with Gasteiger partial charge in [0.05, 0.1) is 10.5 Å². The summed E-state index contributed by atoms with van der Waals surface area (Å²) < 4.78 is 27.3. The van der Waals surface area contributed by atoms with Crippen LogP contribution in [0.15, 0.2) is 63.9 Å². The van der Waals surface area contributed by atoms with Crippen molar-refractivity contribution in [1.29, 1.82) is 0 Å². The summed E-state index contributed by atoms with van der Waals surface area (Å²) in [6, 6.07) is 16.6. The standard InChI is InChI=1S/C29H22ClFN4O3/c1-15(27-33-29(36)38-34-27)25-20-9-5-16(11-18(20)14-37-24-12-19(31)8-10-21(24)25)13-35-23-4-2-3-22(30)26(23)32-28(35)17-6-7-17/h2-5,8-12,17H,6-7,13-14H2,1H3,(H,33,34,36). The number of nitrogens with one attached hydrogen (secondary N) is 1. The van der Waals surface area contributed by atoms with E-state index in [4.69, 9.17) is 25.8 Å². The molecule has 7 rings (SSSR count). The van der Waals surface area contributed by atoms with Crippen LogP contribution in [0, 0.1) is 5.82 Å². The van der Waals surface area contributed by atoms with Crippen LogP contribution in [0.4, 0.5) is 4.39 Å². The molecule has 1 aliphatic carbocycles. The monoisotopic (exact) mass is 528 g/mol. The summed E-state index contributed by atoms with van der Waals surface area (Å²) in [5.74, 6) is 1.23. The van der Waals surface area contributed by atoms with Crippen molar-refractivity contribution in [2.75, 3.05) is 0 Å². The van der Waals surface area contributed by atoms with Crippen molar-refractivity contribution < 1.29 is 13.7 Å². The highest BCUT2D eigenvalue weighted by molar-refractivity contribution is 6.34. The van der Waals surface area contributed by atoms with Crippen molar-refractivity contribution in [3.8, 4) is 5.75 Å². The van der Waals surface area contributed by atoms with Crippen LogP contribution in [0.1, 0.15) is 59.6 Å². The van der Waals surface area contributed by atoms with Gasteiger partial charge in [-0.15, -0.1) is 0 Å². The summed E-state index contributed by atoms with van der Waals surface area (Å²) in [6.45, 7) is 2.74. The molecule has 190 valence electrons. The number of hydrogen-bond donors (Lipinski definition) is 1. The zero-order chi connectivity index (χ0) is 26.0. The van der Waals surface area contributed by atoms with Gasteiger partial charge in [0.25, 0.3) is 0 Å². The Labute approximate surface area is 221 Å². The number of nitrogens with zero attached hydrogens (tertiary/aromatic N) is 3. The summed E-state index contributed by atoms with van der Waals surface area (Å²) in [5.41, 5.74) is 6.98. The first-order chi connectivity index (χ1) is 18.5. The van der Waals surface area contributed by atoms with Crippen molar-refractivity contribution in [2.24, 2.45) is 0 Å². The van der Waals surface area contributed by atoms with Crippen LogP contribution in [0.5, 0.6) is 5.75 Å². The highest BCUT2D eigenvalue weighted by atomic mass is 35.5. The molecule has 0 atom stereocenters. The molecule has 0 radical (unpaired) electrons. The lowest BCUT2D eigenvalue weighted by atomic mass is 9.89. The van der Waals surface area contributed by atoms with Gasteiger partial charge in [0.1, 0.15) is 29.5 Å². The molecule has 0 saturated heterocycles. The molecule has 1 saturated carbocycles. The second-order valence-electron chi connectivity index (χ2n) is 9.80. The van der Waals surface area contributed by atoms with Crippen molar-refractivity contribution in [3.63, 3.8) is 0 Å². The molecule has 0 unspecified atom stereocenters. The Morgan fingerprint density at radius 1 is 1.16 bits per heavy atom. The number of fused-ring (bicyclic) bond motifs is 3. The molecule has 7 nitrogen and oxygen atoms in total. The highest BCUT2D eigenvalue weighted by Crippen LogP contribution is 2.43. The van der Waals surface area contributed by atoms with E-state index < -0.39 is 5.76 Å². The van der Waals surface area contributed by atoms with Crippen molar-refractivity contribution in [3.05, 3.63) is 110 Å². The van der Waals surface area contributed by atoms with E-state index in [0.29, 0.717) is 40.2 Å². The predicted molar refractivity (Wildman–Crippen MR) is 142 cm³/mol. The third kappa shape index (κ3) is 3.83. The van der Waals surface area contributed by atoms with Gasteiger partial charge < -0.3 is 9.30 Å². The fourth-order valence-corrected chi connectivity index (χ4v) is 5.49. The molecule has 3 heterocycles. The first-order valence-electron chi connectivity index (χ1n) is 12.4. The van der Waals surface area contributed by atoms with Crippen LogP contribution in [0.25, 0.3) is 22.2 Å². The SMILES string of the molecule is CC(=C1c2ccc(Cn3c(C4CC4)nc4c(Cl)cccc43)cc2COc2cc(F)ccc21)c1noc(=O)[nH]1. The lowest BCUT2D eigenvalue weighted by Crippen LogP contribution is -2.06. The van der Waals surface area contributed by atoms with Crippen molar-refractivity contribution in [2.45, 2.75) is 38.8 Å². The third-order valence-electron chi connectivity index (χ3n) is 7.25. The molecule has 38 heavy (non-hydrogen) atoms. The van der Waals surface area contributed by atoms with Crippen LogP contribution in [-0.2, 0) is 13.2 Å². The van der Waals surface area contributed by atoms with Gasteiger partial charge in [0.2, 0.25) is 0 Å². The number of H-pyrrole nitrogens is 1. The number of halogens is 2. The number of para-hydroxylation sites is 1. The van der Waals surface area contributed by atoms with E-state index in [2.05, 4.69) is 32.9 Å². The normalized spacial score (nSPS) is 16.1. The molecule has 0 bridgehead atoms. The Balaban J connectivity index is 1.36. The molecule has 1 fully saturated rings. The number of ether oxygens (including phenoxy) is 1. The highest BCUT2D eigenvalue weighted by Gasteiger charge is 2.30. The minimum absolute atomic E-state index is 0.262. The predicted octanol–water partition coefficient (Wildman–Crippen LogP) is 6.30.